The molecule has 0 aromatic heterocycles. The van der Waals surface area contributed by atoms with E-state index in [4.69, 9.17) is 0 Å². The fourth-order valence-electron chi connectivity index (χ4n) is 3.48. The van der Waals surface area contributed by atoms with Gasteiger partial charge in [0.05, 0.1) is 16.3 Å². The number of hydrogen-bond acceptors (Lipinski definition) is 4. The first-order valence-corrected chi connectivity index (χ1v) is 12.9. The summed E-state index contributed by atoms with van der Waals surface area (Å²) in [5, 5.41) is 10.6. The molecule has 0 fully saturated rings. The highest BCUT2D eigenvalue weighted by molar-refractivity contribution is 6.04. The Kier molecular flexibility index (Phi) is 12.5. The van der Waals surface area contributed by atoms with Crippen LogP contribution in [-0.4, -0.2) is 100 Å². The van der Waals surface area contributed by atoms with Crippen molar-refractivity contribution in [1.82, 2.24) is 0 Å². The number of non-ortho nitro benzene ring substituents is 1. The topological polar surface area (TPSA) is 101 Å². The minimum absolute atomic E-state index is 0.149. The lowest BCUT2D eigenvalue weighted by atomic mass is 9.90. The number of hydrogen-bond donors (Lipinski definition) is 2. The molecule has 0 aliphatic rings. The van der Waals surface area contributed by atoms with Crippen molar-refractivity contribution >= 4 is 28.9 Å². The summed E-state index contributed by atoms with van der Waals surface area (Å²) in [6.45, 7) is 0. The predicted octanol–water partition coefficient (Wildman–Crippen LogP) is 10.2. The van der Waals surface area contributed by atoms with E-state index in [0.717, 1.165) is 0 Å². The lowest BCUT2D eigenvalue weighted by molar-refractivity contribution is -0.449. The first-order valence-electron chi connectivity index (χ1n) is 12.9. The third kappa shape index (κ3) is 7.18. The van der Waals surface area contributed by atoms with Gasteiger partial charge >= 0.3 is 95.2 Å². The number of alkyl halides is 30. The molecule has 1 aromatic rings. The number of anilines is 2. The van der Waals surface area contributed by atoms with E-state index in [1.165, 1.54) is 0 Å². The number of carbonyl (C=O) groups excluding carboxylic acids is 2. The third-order valence-electron chi connectivity index (χ3n) is 6.94. The lowest BCUT2D eigenvalue weighted by Crippen LogP contribution is -2.73. The number of nitro benzene ring substituents is 1. The van der Waals surface area contributed by atoms with Crippen molar-refractivity contribution in [2.24, 2.45) is 0 Å². The number of amides is 2. The van der Waals surface area contributed by atoms with Crippen LogP contribution in [0.25, 0.3) is 0 Å². The van der Waals surface area contributed by atoms with Crippen LogP contribution in [0.1, 0.15) is 0 Å². The van der Waals surface area contributed by atoms with Crippen LogP contribution in [0.5, 0.6) is 0 Å². The van der Waals surface area contributed by atoms with Gasteiger partial charge < -0.3 is 10.6 Å². The van der Waals surface area contributed by atoms with Gasteiger partial charge in [-0.2, -0.15) is 132 Å². The molecule has 0 heterocycles. The van der Waals surface area contributed by atoms with Crippen molar-refractivity contribution in [2.75, 3.05) is 10.6 Å². The van der Waals surface area contributed by atoms with Crippen molar-refractivity contribution in [3.8, 4) is 0 Å². The van der Waals surface area contributed by atoms with E-state index in [2.05, 4.69) is 0 Å². The number of carbonyl (C=O) groups is 2. The molecule has 7 nitrogen and oxygen atoms in total. The van der Waals surface area contributed by atoms with Crippen LogP contribution in [0.15, 0.2) is 18.2 Å². The van der Waals surface area contributed by atoms with Gasteiger partial charge in [0.15, 0.2) is 0 Å². The molecule has 0 spiro atoms. The second kappa shape index (κ2) is 14.0. The SMILES string of the molecule is O=C(Nc1ccc([N+](=O)[O-])cc1NC(=O)C(F)(F)C(F)(F)C(F)(F)C(F)(F)C(F)(F)C(F)(F)C(F)(F)F)C(F)(F)C(F)(F)C(F)(F)C(F)(F)C(F)(F)C(F)(F)C(F)(F)F. The Hall–Kier alpha value is -4.54. The standard InChI is InChI=1S/C22H5F30N3O4/c23-9(24,11(27,28)13(31,32)15(35,36)17(39,40)19(43,44)21(47,48)49)7(56)53-5-2-1-4(55(58)59)3-6(5)54-8(57)10(25,26)12(29,30)14(33,34)16(37,38)18(41,42)20(45,46)22(50,51)52/h1-3H,(H,53,56)(H,54,57). The number of benzene rings is 1. The molecule has 0 radical (unpaired) electrons. The molecule has 0 saturated heterocycles. The third-order valence-corrected chi connectivity index (χ3v) is 6.94. The molecule has 1 rings (SSSR count). The van der Waals surface area contributed by atoms with E-state index < -0.39 is 135 Å². The molecule has 0 saturated carbocycles. The van der Waals surface area contributed by atoms with Gasteiger partial charge in [-0.3, -0.25) is 19.7 Å². The average Bonchev–Trinajstić information content (AvgIpc) is 3.03. The van der Waals surface area contributed by atoms with Crippen molar-refractivity contribution in [1.29, 1.82) is 0 Å². The summed E-state index contributed by atoms with van der Waals surface area (Å²) < 4.78 is 403. The van der Waals surface area contributed by atoms with Crippen molar-refractivity contribution in [3.63, 3.8) is 0 Å². The minimum Gasteiger partial charge on any atom is -0.319 e. The summed E-state index contributed by atoms with van der Waals surface area (Å²) in [5.74, 6) is -114. The van der Waals surface area contributed by atoms with Gasteiger partial charge in [0.25, 0.3) is 5.69 Å². The van der Waals surface area contributed by atoms with Crippen molar-refractivity contribution < 1.29 is 146 Å². The quantitative estimate of drug-likeness (QED) is 0.104. The number of nitrogens with zero attached hydrogens (tertiary/aromatic N) is 1. The van der Waals surface area contributed by atoms with Gasteiger partial charge in [0.2, 0.25) is 0 Å². The highest BCUT2D eigenvalue weighted by Gasteiger charge is 2.95. The predicted molar refractivity (Wildman–Crippen MR) is 122 cm³/mol. The molecule has 1 aromatic carbocycles. The van der Waals surface area contributed by atoms with Gasteiger partial charge in [-0.25, -0.2) is 0 Å². The number of rotatable bonds is 15. The highest BCUT2D eigenvalue weighted by atomic mass is 19.4. The summed E-state index contributed by atoms with van der Waals surface area (Å²) in [6, 6.07) is -2.00. The van der Waals surface area contributed by atoms with Crippen molar-refractivity contribution in [3.05, 3.63) is 28.3 Å². The molecule has 2 N–H and O–H groups in total. The molecule has 342 valence electrons. The van der Waals surface area contributed by atoms with E-state index in [9.17, 15) is 151 Å². The second-order valence-corrected chi connectivity index (χ2v) is 10.8. The van der Waals surface area contributed by atoms with Gasteiger partial charge in [0.1, 0.15) is 0 Å². The molecule has 0 aliphatic carbocycles. The molecule has 2 amide bonds. The zero-order chi connectivity index (χ0) is 48.0. The van der Waals surface area contributed by atoms with Crippen LogP contribution in [0, 0.1) is 10.1 Å². The molecule has 37 heteroatoms. The van der Waals surface area contributed by atoms with E-state index in [0.29, 0.717) is 0 Å². The molecule has 59 heavy (non-hydrogen) atoms. The zero-order valence-corrected chi connectivity index (χ0v) is 25.7. The monoisotopic (exact) mass is 945 g/mol. The minimum atomic E-state index is -9.06. The zero-order valence-electron chi connectivity index (χ0n) is 25.7. The molecule has 0 atom stereocenters. The van der Waals surface area contributed by atoms with Crippen LogP contribution in [-0.2, 0) is 9.59 Å². The molecule has 0 unspecified atom stereocenters. The Balaban J connectivity index is 3.87. The summed E-state index contributed by atoms with van der Waals surface area (Å²) in [4.78, 5) is 32.6. The number of nitrogens with one attached hydrogen (secondary N) is 2. The van der Waals surface area contributed by atoms with Crippen LogP contribution < -0.4 is 10.6 Å². The summed E-state index contributed by atoms with van der Waals surface area (Å²) in [5.41, 5.74) is -7.28. The van der Waals surface area contributed by atoms with E-state index in [1.54, 1.807) is 0 Å². The van der Waals surface area contributed by atoms with E-state index in [-0.39, 0.29) is 10.6 Å². The Morgan fingerprint density at radius 1 is 0.390 bits per heavy atom. The van der Waals surface area contributed by atoms with Gasteiger partial charge in [-0.1, -0.05) is 0 Å². The lowest BCUT2D eigenvalue weighted by Gasteiger charge is -2.41. The maximum atomic E-state index is 14.3. The van der Waals surface area contributed by atoms with Crippen molar-refractivity contribution in [2.45, 2.75) is 83.4 Å². The Morgan fingerprint density at radius 2 is 0.627 bits per heavy atom. The molecular formula is C22H5F30N3O4. The van der Waals surface area contributed by atoms with Gasteiger partial charge in [0, 0.05) is 12.1 Å². The maximum absolute atomic E-state index is 14.3. The highest BCUT2D eigenvalue weighted by Crippen LogP contribution is 2.64. The molecule has 0 bridgehead atoms. The normalized spacial score (nSPS) is 15.6. The molecular weight excluding hydrogens is 940 g/mol. The van der Waals surface area contributed by atoms with Crippen LogP contribution in [0.4, 0.5) is 149 Å². The largest absolute Gasteiger partial charge is 0.460 e. The molecule has 0 aliphatic heterocycles. The summed E-state index contributed by atoms with van der Waals surface area (Å²) in [6.07, 6.45) is -16.2. The summed E-state index contributed by atoms with van der Waals surface area (Å²) in [7, 11) is 0. The smallest absolute Gasteiger partial charge is 0.319 e. The summed E-state index contributed by atoms with van der Waals surface area (Å²) >= 11 is 0. The Bertz CT molecular complexity index is 1800. The first kappa shape index (κ1) is 52.5. The van der Waals surface area contributed by atoms with Crippen LogP contribution in [0.3, 0.4) is 0 Å². The Labute approximate surface area is 298 Å². The fourth-order valence-corrected chi connectivity index (χ4v) is 3.48. The van der Waals surface area contributed by atoms with Gasteiger partial charge in [-0.15, -0.1) is 0 Å². The first-order chi connectivity index (χ1) is 25.3. The van der Waals surface area contributed by atoms with Crippen LogP contribution in [0.2, 0.25) is 0 Å². The Morgan fingerprint density at radius 3 is 0.881 bits per heavy atom. The maximum Gasteiger partial charge on any atom is 0.460 e. The number of halogens is 30. The van der Waals surface area contributed by atoms with E-state index >= 15 is 0 Å². The van der Waals surface area contributed by atoms with Crippen LogP contribution >= 0.6 is 0 Å². The average molecular weight is 945 g/mol. The second-order valence-electron chi connectivity index (χ2n) is 10.8. The number of nitro groups is 1. The van der Waals surface area contributed by atoms with E-state index in [1.807, 2.05) is 0 Å². The fraction of sp³-hybridized carbons (Fsp3) is 0.636. The van der Waals surface area contributed by atoms with Gasteiger partial charge in [-0.05, 0) is 6.07 Å².